The van der Waals surface area contributed by atoms with Crippen molar-refractivity contribution in [3.63, 3.8) is 0 Å². The van der Waals surface area contributed by atoms with Crippen molar-refractivity contribution in [3.05, 3.63) is 46.8 Å². The van der Waals surface area contributed by atoms with Gasteiger partial charge in [-0.3, -0.25) is 4.79 Å². The zero-order chi connectivity index (χ0) is 20.1. The molecule has 1 aliphatic heterocycles. The van der Waals surface area contributed by atoms with E-state index in [4.69, 9.17) is 4.74 Å². The number of piperidine rings is 1. The molecule has 0 saturated carbocycles. The molecule has 152 valence electrons. The van der Waals surface area contributed by atoms with Gasteiger partial charge in [-0.2, -0.15) is 4.31 Å². The minimum Gasteiger partial charge on any atom is -0.492 e. The molecule has 1 aliphatic rings. The SMILES string of the molecule is Cc1ccc(OCCNC(=O)[C@@H]2CCCN(S(=O)(=O)c3cccs3)C2)cc1C. The minimum absolute atomic E-state index is 0.116. The number of ether oxygens (including phenoxy) is 1. The largest absolute Gasteiger partial charge is 0.492 e. The van der Waals surface area contributed by atoms with E-state index >= 15 is 0 Å². The fraction of sp³-hybridized carbons (Fsp3) is 0.450. The zero-order valence-electron chi connectivity index (χ0n) is 16.2. The van der Waals surface area contributed by atoms with Crippen LogP contribution in [-0.4, -0.2) is 44.9 Å². The number of benzene rings is 1. The van der Waals surface area contributed by atoms with Crippen molar-refractivity contribution in [1.29, 1.82) is 0 Å². The van der Waals surface area contributed by atoms with Gasteiger partial charge in [0.25, 0.3) is 10.0 Å². The third-order valence-electron chi connectivity index (χ3n) is 4.99. The highest BCUT2D eigenvalue weighted by molar-refractivity contribution is 7.91. The molecule has 2 aromatic rings. The first-order chi connectivity index (χ1) is 13.4. The Hall–Kier alpha value is -1.90. The fourth-order valence-corrected chi connectivity index (χ4v) is 5.87. The normalized spacial score (nSPS) is 18.0. The van der Waals surface area contributed by atoms with Crippen molar-refractivity contribution in [2.75, 3.05) is 26.2 Å². The number of hydrogen-bond acceptors (Lipinski definition) is 5. The highest BCUT2D eigenvalue weighted by Crippen LogP contribution is 2.26. The fourth-order valence-electron chi connectivity index (χ4n) is 3.20. The van der Waals surface area contributed by atoms with Gasteiger partial charge in [0.05, 0.1) is 12.5 Å². The van der Waals surface area contributed by atoms with Gasteiger partial charge in [-0.1, -0.05) is 12.1 Å². The number of hydrogen-bond donors (Lipinski definition) is 1. The Labute approximate surface area is 170 Å². The van der Waals surface area contributed by atoms with Crippen LogP contribution in [0.5, 0.6) is 5.75 Å². The molecule has 8 heteroatoms. The van der Waals surface area contributed by atoms with Crippen LogP contribution in [0.25, 0.3) is 0 Å². The van der Waals surface area contributed by atoms with Gasteiger partial charge in [-0.25, -0.2) is 8.42 Å². The van der Waals surface area contributed by atoms with Crippen LogP contribution in [0.1, 0.15) is 24.0 Å². The molecule has 0 radical (unpaired) electrons. The molecule has 0 unspecified atom stereocenters. The predicted octanol–water partition coefficient (Wildman–Crippen LogP) is 2.96. The Balaban J connectivity index is 1.48. The number of aryl methyl sites for hydroxylation is 2. The van der Waals surface area contributed by atoms with Crippen molar-refractivity contribution in [2.45, 2.75) is 30.9 Å². The monoisotopic (exact) mass is 422 g/mol. The van der Waals surface area contributed by atoms with E-state index in [0.717, 1.165) is 11.3 Å². The topological polar surface area (TPSA) is 75.7 Å². The molecule has 1 saturated heterocycles. The molecule has 1 aromatic heterocycles. The molecular formula is C20H26N2O4S2. The van der Waals surface area contributed by atoms with Gasteiger partial charge < -0.3 is 10.1 Å². The van der Waals surface area contributed by atoms with Crippen LogP contribution in [0.4, 0.5) is 0 Å². The molecule has 0 spiro atoms. The summed E-state index contributed by atoms with van der Waals surface area (Å²) in [5, 5.41) is 4.62. The Morgan fingerprint density at radius 2 is 2.11 bits per heavy atom. The maximum atomic E-state index is 12.7. The molecule has 1 aromatic carbocycles. The van der Waals surface area contributed by atoms with Crippen LogP contribution >= 0.6 is 11.3 Å². The predicted molar refractivity (Wildman–Crippen MR) is 110 cm³/mol. The second kappa shape index (κ2) is 9.07. The van der Waals surface area contributed by atoms with Gasteiger partial charge in [0.1, 0.15) is 16.6 Å². The van der Waals surface area contributed by atoms with Gasteiger partial charge in [-0.05, 0) is 61.4 Å². The van der Waals surface area contributed by atoms with Crippen LogP contribution < -0.4 is 10.1 Å². The quantitative estimate of drug-likeness (QED) is 0.696. The van der Waals surface area contributed by atoms with Gasteiger partial charge in [-0.15, -0.1) is 11.3 Å². The highest BCUT2D eigenvalue weighted by atomic mass is 32.2. The third kappa shape index (κ3) is 4.92. The van der Waals surface area contributed by atoms with E-state index in [9.17, 15) is 13.2 Å². The van der Waals surface area contributed by atoms with Crippen LogP contribution in [0.3, 0.4) is 0 Å². The lowest BCUT2D eigenvalue weighted by Gasteiger charge is -2.30. The molecule has 1 N–H and O–H groups in total. The molecule has 3 rings (SSSR count). The van der Waals surface area contributed by atoms with Crippen molar-refractivity contribution in [3.8, 4) is 5.75 Å². The van der Waals surface area contributed by atoms with Gasteiger partial charge in [0.2, 0.25) is 5.91 Å². The molecule has 6 nitrogen and oxygen atoms in total. The lowest BCUT2D eigenvalue weighted by molar-refractivity contribution is -0.126. The second-order valence-corrected chi connectivity index (χ2v) is 10.1. The Kier molecular flexibility index (Phi) is 6.74. The van der Waals surface area contributed by atoms with Crippen LogP contribution in [-0.2, 0) is 14.8 Å². The summed E-state index contributed by atoms with van der Waals surface area (Å²) in [6.45, 7) is 5.52. The van der Waals surface area contributed by atoms with E-state index in [-0.39, 0.29) is 18.4 Å². The average molecular weight is 423 g/mol. The first kappa shape index (κ1) is 20.8. The van der Waals surface area contributed by atoms with E-state index in [2.05, 4.69) is 5.32 Å². The maximum absolute atomic E-state index is 12.7. The number of carbonyl (C=O) groups excluding carboxylic acids is 1. The smallest absolute Gasteiger partial charge is 0.252 e. The van der Waals surface area contributed by atoms with Crippen LogP contribution in [0.2, 0.25) is 0 Å². The molecule has 28 heavy (non-hydrogen) atoms. The van der Waals surface area contributed by atoms with Crippen molar-refractivity contribution >= 4 is 27.3 Å². The van der Waals surface area contributed by atoms with E-state index < -0.39 is 10.0 Å². The summed E-state index contributed by atoms with van der Waals surface area (Å²) in [6.07, 6.45) is 1.38. The van der Waals surface area contributed by atoms with Gasteiger partial charge >= 0.3 is 0 Å². The second-order valence-electron chi connectivity index (χ2n) is 7.02. The average Bonchev–Trinajstić information content (AvgIpc) is 3.23. The lowest BCUT2D eigenvalue weighted by atomic mass is 9.99. The zero-order valence-corrected chi connectivity index (χ0v) is 17.8. The van der Waals surface area contributed by atoms with Crippen molar-refractivity contribution in [1.82, 2.24) is 9.62 Å². The third-order valence-corrected chi connectivity index (χ3v) is 8.23. The number of sulfonamides is 1. The van der Waals surface area contributed by atoms with Crippen molar-refractivity contribution < 1.29 is 17.9 Å². The van der Waals surface area contributed by atoms with E-state index in [1.54, 1.807) is 17.5 Å². The van der Waals surface area contributed by atoms with Crippen LogP contribution in [0.15, 0.2) is 39.9 Å². The number of nitrogens with zero attached hydrogens (tertiary/aromatic N) is 1. The molecular weight excluding hydrogens is 396 g/mol. The van der Waals surface area contributed by atoms with E-state index in [1.165, 1.54) is 21.2 Å². The molecule has 1 atom stereocenters. The Morgan fingerprint density at radius 3 is 2.82 bits per heavy atom. The first-order valence-electron chi connectivity index (χ1n) is 9.39. The molecule has 2 heterocycles. The summed E-state index contributed by atoms with van der Waals surface area (Å²) in [5.41, 5.74) is 2.37. The minimum atomic E-state index is -3.51. The number of carbonyl (C=O) groups is 1. The van der Waals surface area contributed by atoms with E-state index in [0.29, 0.717) is 36.7 Å². The summed E-state index contributed by atoms with van der Waals surface area (Å²) in [7, 11) is -3.51. The Bertz CT molecular complexity index is 910. The van der Waals surface area contributed by atoms with Gasteiger partial charge in [0.15, 0.2) is 0 Å². The molecule has 1 fully saturated rings. The first-order valence-corrected chi connectivity index (χ1v) is 11.7. The van der Waals surface area contributed by atoms with Crippen LogP contribution in [0, 0.1) is 19.8 Å². The molecule has 0 aliphatic carbocycles. The standard InChI is InChI=1S/C20H26N2O4S2/c1-15-7-8-18(13-16(15)2)26-11-9-21-20(23)17-5-3-10-22(14-17)28(24,25)19-6-4-12-27-19/h4,6-8,12-13,17H,3,5,9-11,14H2,1-2H3,(H,21,23)/t17-/m1/s1. The summed E-state index contributed by atoms with van der Waals surface area (Å²) < 4.78 is 32.8. The van der Waals surface area contributed by atoms with Gasteiger partial charge in [0, 0.05) is 13.1 Å². The summed E-state index contributed by atoms with van der Waals surface area (Å²) >= 11 is 1.20. The highest BCUT2D eigenvalue weighted by Gasteiger charge is 2.33. The number of rotatable bonds is 7. The van der Waals surface area contributed by atoms with E-state index in [1.807, 2.05) is 32.0 Å². The lowest BCUT2D eigenvalue weighted by Crippen LogP contribution is -2.45. The van der Waals surface area contributed by atoms with Crippen molar-refractivity contribution in [2.24, 2.45) is 5.92 Å². The number of thiophene rings is 1. The number of amides is 1. The summed E-state index contributed by atoms with van der Waals surface area (Å²) in [4.78, 5) is 12.5. The number of nitrogens with one attached hydrogen (secondary N) is 1. The molecule has 1 amide bonds. The summed E-state index contributed by atoms with van der Waals surface area (Å²) in [6, 6.07) is 9.23. The maximum Gasteiger partial charge on any atom is 0.252 e. The summed E-state index contributed by atoms with van der Waals surface area (Å²) in [5.74, 6) is 0.336. The Morgan fingerprint density at radius 1 is 1.29 bits per heavy atom. The molecule has 0 bridgehead atoms.